The summed E-state index contributed by atoms with van der Waals surface area (Å²) in [5.41, 5.74) is 3.45. The molecule has 1 aliphatic heterocycles. The highest BCUT2D eigenvalue weighted by Gasteiger charge is 2.30. The summed E-state index contributed by atoms with van der Waals surface area (Å²) in [6.07, 6.45) is 2.01. The van der Waals surface area contributed by atoms with E-state index in [4.69, 9.17) is 23.2 Å². The molecule has 4 rings (SSSR count). The van der Waals surface area contributed by atoms with Gasteiger partial charge in [-0.15, -0.1) is 11.8 Å². The molecular weight excluding hydrogens is 435 g/mol. The summed E-state index contributed by atoms with van der Waals surface area (Å²) < 4.78 is 0. The van der Waals surface area contributed by atoms with Crippen LogP contribution in [0, 0.1) is 0 Å². The van der Waals surface area contributed by atoms with Crippen LogP contribution >= 0.6 is 35.0 Å². The van der Waals surface area contributed by atoms with E-state index in [9.17, 15) is 4.79 Å². The zero-order valence-corrected chi connectivity index (χ0v) is 18.7. The van der Waals surface area contributed by atoms with Crippen LogP contribution in [0.5, 0.6) is 0 Å². The first-order chi connectivity index (χ1) is 14.6. The molecular formula is C24H20Cl2N2OS. The molecule has 0 fully saturated rings. The monoisotopic (exact) mass is 454 g/mol. The number of hydrogen-bond donors (Lipinski definition) is 0. The quantitative estimate of drug-likeness (QED) is 0.398. The van der Waals surface area contributed by atoms with Crippen molar-refractivity contribution in [1.29, 1.82) is 0 Å². The number of carbonyl (C=O) groups is 1. The Morgan fingerprint density at radius 3 is 2.03 bits per heavy atom. The van der Waals surface area contributed by atoms with Crippen molar-refractivity contribution in [1.82, 2.24) is 0 Å². The van der Waals surface area contributed by atoms with Crippen molar-refractivity contribution in [2.45, 2.75) is 0 Å². The van der Waals surface area contributed by atoms with Crippen molar-refractivity contribution in [3.8, 4) is 0 Å². The minimum absolute atomic E-state index is 0.00983. The molecule has 0 bridgehead atoms. The van der Waals surface area contributed by atoms with Crippen LogP contribution in [0.25, 0.3) is 0 Å². The molecule has 0 unspecified atom stereocenters. The molecule has 0 amide bonds. The standard InChI is InChI=1S/C24H20Cl2N2OS/c1-30-24-22(23(29)17-7-9-18(25)10-8-17)15-27(20-13-11-19(26)12-14-20)16-28(24)21-5-3-2-4-6-21/h2-14H,15-16H2,1H3. The number of benzene rings is 3. The maximum atomic E-state index is 13.5. The minimum Gasteiger partial charge on any atom is -0.349 e. The van der Waals surface area contributed by atoms with Gasteiger partial charge in [-0.2, -0.15) is 0 Å². The van der Waals surface area contributed by atoms with Gasteiger partial charge in [0.2, 0.25) is 0 Å². The van der Waals surface area contributed by atoms with Crippen molar-refractivity contribution >= 4 is 52.1 Å². The lowest BCUT2D eigenvalue weighted by atomic mass is 10.0. The van der Waals surface area contributed by atoms with E-state index in [2.05, 4.69) is 21.9 Å². The SMILES string of the molecule is CSC1=C(C(=O)c2ccc(Cl)cc2)CN(c2ccc(Cl)cc2)CN1c1ccccc1. The molecule has 0 saturated carbocycles. The number of Topliss-reactive ketones (excluding diaryl/α,β-unsaturated/α-hetero) is 1. The lowest BCUT2D eigenvalue weighted by Crippen LogP contribution is -2.45. The van der Waals surface area contributed by atoms with Crippen LogP contribution in [0.1, 0.15) is 10.4 Å². The Bertz CT molecular complexity index is 1070. The third-order valence-corrected chi connectivity index (χ3v) is 6.36. The first-order valence-corrected chi connectivity index (χ1v) is 11.5. The molecule has 0 atom stereocenters. The second-order valence-corrected chi connectivity index (χ2v) is 8.57. The van der Waals surface area contributed by atoms with Gasteiger partial charge in [0.25, 0.3) is 0 Å². The Morgan fingerprint density at radius 1 is 0.833 bits per heavy atom. The third kappa shape index (κ3) is 4.36. The van der Waals surface area contributed by atoms with Crippen LogP contribution in [0.15, 0.2) is 89.5 Å². The molecule has 1 heterocycles. The number of para-hydroxylation sites is 1. The van der Waals surface area contributed by atoms with E-state index >= 15 is 0 Å². The van der Waals surface area contributed by atoms with Gasteiger partial charge in [-0.25, -0.2) is 0 Å². The Morgan fingerprint density at radius 2 is 1.43 bits per heavy atom. The summed E-state index contributed by atoms with van der Waals surface area (Å²) in [6, 6.07) is 24.9. The molecule has 3 aromatic rings. The number of halogens is 2. The molecule has 0 radical (unpaired) electrons. The number of anilines is 2. The van der Waals surface area contributed by atoms with Crippen LogP contribution in [0.2, 0.25) is 10.0 Å². The maximum absolute atomic E-state index is 13.5. The average Bonchev–Trinajstić information content (AvgIpc) is 2.79. The number of carbonyl (C=O) groups excluding carboxylic acids is 1. The molecule has 0 aromatic heterocycles. The lowest BCUT2D eigenvalue weighted by molar-refractivity contribution is 0.103. The highest BCUT2D eigenvalue weighted by Crippen LogP contribution is 2.35. The number of ketones is 1. The van der Waals surface area contributed by atoms with Crippen LogP contribution in [-0.2, 0) is 0 Å². The second kappa shape index (κ2) is 9.17. The molecule has 0 saturated heterocycles. The molecule has 0 aliphatic carbocycles. The fraction of sp³-hybridized carbons (Fsp3) is 0.125. The lowest BCUT2D eigenvalue weighted by Gasteiger charge is -2.40. The summed E-state index contributed by atoms with van der Waals surface area (Å²) in [7, 11) is 0. The summed E-state index contributed by atoms with van der Waals surface area (Å²) in [5, 5.41) is 2.27. The molecule has 30 heavy (non-hydrogen) atoms. The van der Waals surface area contributed by atoms with Crippen molar-refractivity contribution < 1.29 is 4.79 Å². The molecule has 6 heteroatoms. The fourth-order valence-electron chi connectivity index (χ4n) is 3.52. The number of nitrogens with zero attached hydrogens (tertiary/aromatic N) is 2. The van der Waals surface area contributed by atoms with Gasteiger partial charge in [0.15, 0.2) is 5.78 Å². The van der Waals surface area contributed by atoms with Crippen LogP contribution in [0.3, 0.4) is 0 Å². The van der Waals surface area contributed by atoms with Gasteiger partial charge in [0.05, 0.1) is 18.2 Å². The highest BCUT2D eigenvalue weighted by atomic mass is 35.5. The van der Waals surface area contributed by atoms with Crippen molar-refractivity contribution in [3.63, 3.8) is 0 Å². The molecule has 0 N–H and O–H groups in total. The highest BCUT2D eigenvalue weighted by molar-refractivity contribution is 8.02. The molecule has 152 valence electrons. The van der Waals surface area contributed by atoms with Gasteiger partial charge in [-0.1, -0.05) is 41.4 Å². The minimum atomic E-state index is 0.00983. The maximum Gasteiger partial charge on any atom is 0.193 e. The van der Waals surface area contributed by atoms with E-state index < -0.39 is 0 Å². The molecule has 3 aromatic carbocycles. The van der Waals surface area contributed by atoms with Crippen LogP contribution in [0.4, 0.5) is 11.4 Å². The van der Waals surface area contributed by atoms with Gasteiger partial charge in [-0.3, -0.25) is 4.79 Å². The number of rotatable bonds is 5. The first kappa shape index (κ1) is 20.9. The molecule has 0 spiro atoms. The largest absolute Gasteiger partial charge is 0.349 e. The third-order valence-electron chi connectivity index (χ3n) is 5.00. The van der Waals surface area contributed by atoms with Gasteiger partial charge in [-0.05, 0) is 66.9 Å². The molecule has 3 nitrogen and oxygen atoms in total. The zero-order chi connectivity index (χ0) is 21.1. The van der Waals surface area contributed by atoms with Crippen molar-refractivity contribution in [3.05, 3.63) is 105 Å². The fourth-order valence-corrected chi connectivity index (χ4v) is 4.55. The summed E-state index contributed by atoms with van der Waals surface area (Å²) in [4.78, 5) is 17.9. The molecule has 1 aliphatic rings. The van der Waals surface area contributed by atoms with Crippen molar-refractivity contribution in [2.24, 2.45) is 0 Å². The van der Waals surface area contributed by atoms with Crippen molar-refractivity contribution in [2.75, 3.05) is 29.3 Å². The normalized spacial score (nSPS) is 14.2. The Kier molecular flexibility index (Phi) is 6.38. The van der Waals surface area contributed by atoms with Gasteiger partial charge in [0.1, 0.15) is 0 Å². The van der Waals surface area contributed by atoms with E-state index in [-0.39, 0.29) is 5.78 Å². The van der Waals surface area contributed by atoms with Gasteiger partial charge < -0.3 is 9.80 Å². The Labute approximate surface area is 190 Å². The van der Waals surface area contributed by atoms with E-state index in [0.717, 1.165) is 22.0 Å². The predicted octanol–water partition coefficient (Wildman–Crippen LogP) is 6.74. The average molecular weight is 455 g/mol. The smallest absolute Gasteiger partial charge is 0.193 e. The van der Waals surface area contributed by atoms with Crippen LogP contribution in [-0.4, -0.2) is 25.3 Å². The predicted molar refractivity (Wildman–Crippen MR) is 129 cm³/mol. The van der Waals surface area contributed by atoms with E-state index in [1.807, 2.05) is 48.7 Å². The zero-order valence-electron chi connectivity index (χ0n) is 16.4. The number of thioether (sulfide) groups is 1. The van der Waals surface area contributed by atoms with Crippen LogP contribution < -0.4 is 9.80 Å². The topological polar surface area (TPSA) is 23.6 Å². The van der Waals surface area contributed by atoms with Gasteiger partial charge in [0, 0.05) is 32.6 Å². The Hall–Kier alpha value is -2.40. The summed E-state index contributed by atoms with van der Waals surface area (Å²) in [6.45, 7) is 1.15. The van der Waals surface area contributed by atoms with Gasteiger partial charge >= 0.3 is 0 Å². The van der Waals surface area contributed by atoms with E-state index in [1.165, 1.54) is 0 Å². The number of hydrogen-bond acceptors (Lipinski definition) is 4. The summed E-state index contributed by atoms with van der Waals surface area (Å²) >= 11 is 13.7. The van der Waals surface area contributed by atoms with E-state index in [0.29, 0.717) is 28.8 Å². The first-order valence-electron chi connectivity index (χ1n) is 9.47. The Balaban J connectivity index is 1.80. The summed E-state index contributed by atoms with van der Waals surface area (Å²) in [5.74, 6) is 0.00983. The second-order valence-electron chi connectivity index (χ2n) is 6.90. The van der Waals surface area contributed by atoms with E-state index in [1.54, 1.807) is 36.0 Å².